The molecule has 0 aromatic carbocycles. The molecule has 0 radical (unpaired) electrons. The highest BCUT2D eigenvalue weighted by Crippen LogP contribution is 2.08. The van der Waals surface area contributed by atoms with Crippen LogP contribution in [0.25, 0.3) is 5.65 Å². The summed E-state index contributed by atoms with van der Waals surface area (Å²) < 4.78 is 11.8. The van der Waals surface area contributed by atoms with E-state index in [4.69, 9.17) is 4.74 Å². The second-order valence-electron chi connectivity index (χ2n) is 4.79. The second kappa shape index (κ2) is 7.75. The number of hydrogen-bond donors (Lipinski definition) is 0. The minimum absolute atomic E-state index is 0.201. The van der Waals surface area contributed by atoms with Crippen LogP contribution in [0, 0.1) is 0 Å². The van der Waals surface area contributed by atoms with Gasteiger partial charge in [0.05, 0.1) is 25.8 Å². The van der Waals surface area contributed by atoms with Gasteiger partial charge in [0.25, 0.3) is 0 Å². The molecule has 2 aromatic heterocycles. The normalized spacial score (nSPS) is 11.2. The molecule has 0 bridgehead atoms. The molecule has 0 saturated heterocycles. The van der Waals surface area contributed by atoms with E-state index in [0.717, 1.165) is 17.9 Å². The zero-order valence-corrected chi connectivity index (χ0v) is 12.5. The monoisotopic (exact) mass is 291 g/mol. The number of nitrogens with zero attached hydrogens (tertiary/aromatic N) is 3. The molecule has 0 amide bonds. The van der Waals surface area contributed by atoms with Crippen LogP contribution in [0.3, 0.4) is 0 Å². The van der Waals surface area contributed by atoms with Gasteiger partial charge in [0.15, 0.2) is 0 Å². The van der Waals surface area contributed by atoms with E-state index in [2.05, 4.69) is 14.6 Å². The van der Waals surface area contributed by atoms with Crippen LogP contribution in [0.15, 0.2) is 30.6 Å². The Balaban J connectivity index is 2.00. The van der Waals surface area contributed by atoms with E-state index in [1.54, 1.807) is 7.11 Å². The number of methoxy groups -OCH3 is 2. The number of fused-ring (bicyclic) bond motifs is 1. The average molecular weight is 291 g/mol. The van der Waals surface area contributed by atoms with E-state index in [9.17, 15) is 4.79 Å². The van der Waals surface area contributed by atoms with Crippen molar-refractivity contribution >= 4 is 11.6 Å². The number of ether oxygens (including phenoxy) is 2. The van der Waals surface area contributed by atoms with Gasteiger partial charge in [0.2, 0.25) is 0 Å². The molecule has 0 aliphatic rings. The summed E-state index contributed by atoms with van der Waals surface area (Å²) in [7, 11) is 3.08. The SMILES string of the molecule is COCCN(CCC(=O)OC)Cc1cn2ccccc2n1. The summed E-state index contributed by atoms with van der Waals surface area (Å²) in [5.41, 5.74) is 1.90. The molecule has 21 heavy (non-hydrogen) atoms. The van der Waals surface area contributed by atoms with E-state index in [-0.39, 0.29) is 5.97 Å². The zero-order valence-electron chi connectivity index (χ0n) is 12.5. The maximum absolute atomic E-state index is 11.3. The molecule has 6 heteroatoms. The average Bonchev–Trinajstić information content (AvgIpc) is 2.91. The Hall–Kier alpha value is -1.92. The smallest absolute Gasteiger partial charge is 0.306 e. The molecular weight excluding hydrogens is 270 g/mol. The fraction of sp³-hybridized carbons (Fsp3) is 0.467. The number of imidazole rings is 1. The van der Waals surface area contributed by atoms with Gasteiger partial charge in [-0.1, -0.05) is 6.07 Å². The number of esters is 1. The van der Waals surface area contributed by atoms with Crippen molar-refractivity contribution in [3.05, 3.63) is 36.3 Å². The van der Waals surface area contributed by atoms with E-state index < -0.39 is 0 Å². The molecule has 0 atom stereocenters. The molecule has 0 spiro atoms. The molecule has 2 aromatic rings. The largest absolute Gasteiger partial charge is 0.469 e. The van der Waals surface area contributed by atoms with Crippen LogP contribution < -0.4 is 0 Å². The van der Waals surface area contributed by atoms with Crippen molar-refractivity contribution in [2.75, 3.05) is 33.9 Å². The van der Waals surface area contributed by atoms with E-state index in [0.29, 0.717) is 26.1 Å². The van der Waals surface area contributed by atoms with E-state index in [1.807, 2.05) is 35.0 Å². The van der Waals surface area contributed by atoms with Gasteiger partial charge in [0.1, 0.15) is 5.65 Å². The molecule has 0 saturated carbocycles. The van der Waals surface area contributed by atoms with Crippen LogP contribution in [0.4, 0.5) is 0 Å². The third kappa shape index (κ3) is 4.54. The highest BCUT2D eigenvalue weighted by Gasteiger charge is 2.11. The van der Waals surface area contributed by atoms with Gasteiger partial charge in [0, 0.05) is 39.1 Å². The summed E-state index contributed by atoms with van der Waals surface area (Å²) in [5.74, 6) is -0.201. The Morgan fingerprint density at radius 1 is 1.33 bits per heavy atom. The maximum Gasteiger partial charge on any atom is 0.306 e. The summed E-state index contributed by atoms with van der Waals surface area (Å²) >= 11 is 0. The predicted octanol–water partition coefficient (Wildman–Crippen LogP) is 1.35. The van der Waals surface area contributed by atoms with E-state index >= 15 is 0 Å². The van der Waals surface area contributed by atoms with Crippen molar-refractivity contribution in [2.24, 2.45) is 0 Å². The summed E-state index contributed by atoms with van der Waals surface area (Å²) in [6.07, 6.45) is 4.35. The molecule has 0 aliphatic heterocycles. The molecule has 0 aliphatic carbocycles. The summed E-state index contributed by atoms with van der Waals surface area (Å²) in [4.78, 5) is 18.0. The van der Waals surface area contributed by atoms with E-state index in [1.165, 1.54) is 7.11 Å². The van der Waals surface area contributed by atoms with Crippen molar-refractivity contribution < 1.29 is 14.3 Å². The summed E-state index contributed by atoms with van der Waals surface area (Å²) in [6, 6.07) is 5.90. The van der Waals surface area contributed by atoms with Crippen molar-refractivity contribution in [3.63, 3.8) is 0 Å². The quantitative estimate of drug-likeness (QED) is 0.687. The number of hydrogen-bond acceptors (Lipinski definition) is 5. The van der Waals surface area contributed by atoms with Crippen LogP contribution in [0.2, 0.25) is 0 Å². The Bertz CT molecular complexity index is 549. The minimum Gasteiger partial charge on any atom is -0.469 e. The van der Waals surface area contributed by atoms with Gasteiger partial charge in [-0.15, -0.1) is 0 Å². The summed E-state index contributed by atoms with van der Waals surface area (Å²) in [5, 5.41) is 0. The molecule has 6 nitrogen and oxygen atoms in total. The minimum atomic E-state index is -0.201. The van der Waals surface area contributed by atoms with Gasteiger partial charge >= 0.3 is 5.97 Å². The lowest BCUT2D eigenvalue weighted by molar-refractivity contribution is -0.141. The first kappa shape index (κ1) is 15.5. The van der Waals surface area contributed by atoms with Gasteiger partial charge in [-0.25, -0.2) is 4.98 Å². The van der Waals surface area contributed by atoms with Crippen molar-refractivity contribution in [1.82, 2.24) is 14.3 Å². The highest BCUT2D eigenvalue weighted by molar-refractivity contribution is 5.69. The molecule has 2 rings (SSSR count). The Morgan fingerprint density at radius 2 is 2.19 bits per heavy atom. The Morgan fingerprint density at radius 3 is 2.90 bits per heavy atom. The fourth-order valence-electron chi connectivity index (χ4n) is 2.13. The third-order valence-electron chi connectivity index (χ3n) is 3.27. The van der Waals surface area contributed by atoms with Gasteiger partial charge in [-0.2, -0.15) is 0 Å². The number of aromatic nitrogens is 2. The topological polar surface area (TPSA) is 56.1 Å². The molecule has 0 unspecified atom stereocenters. The first-order chi connectivity index (χ1) is 10.2. The van der Waals surface area contributed by atoms with Crippen molar-refractivity contribution in [3.8, 4) is 0 Å². The Kier molecular flexibility index (Phi) is 5.71. The lowest BCUT2D eigenvalue weighted by Gasteiger charge is -2.20. The molecule has 114 valence electrons. The lowest BCUT2D eigenvalue weighted by Crippen LogP contribution is -2.29. The molecular formula is C15H21N3O3. The Labute approximate surface area is 124 Å². The predicted molar refractivity (Wildman–Crippen MR) is 79.0 cm³/mol. The van der Waals surface area contributed by atoms with Crippen LogP contribution in [0.5, 0.6) is 0 Å². The first-order valence-electron chi connectivity index (χ1n) is 6.93. The molecule has 2 heterocycles. The van der Waals surface area contributed by atoms with Crippen LogP contribution >= 0.6 is 0 Å². The lowest BCUT2D eigenvalue weighted by atomic mass is 10.3. The first-order valence-corrected chi connectivity index (χ1v) is 6.93. The fourth-order valence-corrected chi connectivity index (χ4v) is 2.13. The molecule has 0 fully saturated rings. The number of pyridine rings is 1. The third-order valence-corrected chi connectivity index (χ3v) is 3.27. The second-order valence-corrected chi connectivity index (χ2v) is 4.79. The van der Waals surface area contributed by atoms with Crippen molar-refractivity contribution in [1.29, 1.82) is 0 Å². The molecule has 0 N–H and O–H groups in total. The van der Waals surface area contributed by atoms with Crippen molar-refractivity contribution in [2.45, 2.75) is 13.0 Å². The number of rotatable bonds is 8. The highest BCUT2D eigenvalue weighted by atomic mass is 16.5. The van der Waals surface area contributed by atoms with Crippen LogP contribution in [-0.2, 0) is 20.8 Å². The van der Waals surface area contributed by atoms with Crippen LogP contribution in [0.1, 0.15) is 12.1 Å². The van der Waals surface area contributed by atoms with Gasteiger partial charge < -0.3 is 13.9 Å². The number of carbonyl (C=O) groups is 1. The zero-order chi connectivity index (χ0) is 15.1. The van der Waals surface area contributed by atoms with Crippen LogP contribution in [-0.4, -0.2) is 54.2 Å². The standard InChI is InChI=1S/C15H21N3O3/c1-20-10-9-17(8-6-15(19)21-2)11-13-12-18-7-4-3-5-14(18)16-13/h3-5,7,12H,6,8-11H2,1-2H3. The maximum atomic E-state index is 11.3. The van der Waals surface area contributed by atoms with Gasteiger partial charge in [-0.05, 0) is 12.1 Å². The summed E-state index contributed by atoms with van der Waals surface area (Å²) in [6.45, 7) is 2.68. The van der Waals surface area contributed by atoms with Gasteiger partial charge in [-0.3, -0.25) is 9.69 Å². The number of carbonyl (C=O) groups excluding carboxylic acids is 1.